The summed E-state index contributed by atoms with van der Waals surface area (Å²) >= 11 is 17.2. The Morgan fingerprint density at radius 3 is 2.60 bits per heavy atom. The molecular weight excluding hydrogens is 731 g/mol. The van der Waals surface area contributed by atoms with Gasteiger partial charge in [0, 0.05) is 38.3 Å². The van der Waals surface area contributed by atoms with Gasteiger partial charge in [0.1, 0.15) is 25.0 Å². The van der Waals surface area contributed by atoms with Crippen LogP contribution in [0.3, 0.4) is 0 Å². The van der Waals surface area contributed by atoms with Crippen LogP contribution in [-0.4, -0.2) is 44.6 Å². The van der Waals surface area contributed by atoms with Gasteiger partial charge in [-0.05, 0) is 56.3 Å². The largest absolute Gasteiger partial charge is 0.493 e. The lowest BCUT2D eigenvalue weighted by atomic mass is 9.94. The number of hydrogen-bond donors (Lipinski definition) is 0. The fourth-order valence-corrected chi connectivity index (χ4v) is 6.96. The second-order valence-electron chi connectivity index (χ2n) is 10.2. The van der Waals surface area contributed by atoms with Gasteiger partial charge in [0.2, 0.25) is 0 Å². The maximum Gasteiger partial charge on any atom is 0.338 e. The van der Waals surface area contributed by atoms with Crippen LogP contribution in [-0.2, 0) is 20.9 Å². The molecule has 0 radical (unpaired) electrons. The Morgan fingerprint density at radius 1 is 1.06 bits per heavy atom. The first-order valence-corrected chi connectivity index (χ1v) is 16.9. The summed E-state index contributed by atoms with van der Waals surface area (Å²) in [5.74, 6) is 0.797. The van der Waals surface area contributed by atoms with Gasteiger partial charge < -0.3 is 23.7 Å². The Morgan fingerprint density at radius 2 is 1.87 bits per heavy atom. The number of rotatable bonds is 12. The summed E-state index contributed by atoms with van der Waals surface area (Å²) in [6.07, 6.45) is 1.75. The molecule has 0 saturated carbocycles. The number of esters is 1. The Hall–Kier alpha value is -3.61. The van der Waals surface area contributed by atoms with Crippen molar-refractivity contribution >= 4 is 62.5 Å². The number of para-hydroxylation sites is 1. The van der Waals surface area contributed by atoms with Crippen LogP contribution in [0.5, 0.6) is 17.2 Å². The van der Waals surface area contributed by atoms with Crippen molar-refractivity contribution in [2.45, 2.75) is 26.5 Å². The highest BCUT2D eigenvalue weighted by Crippen LogP contribution is 2.41. The summed E-state index contributed by atoms with van der Waals surface area (Å²) in [4.78, 5) is 33.1. The van der Waals surface area contributed by atoms with Crippen molar-refractivity contribution in [3.63, 3.8) is 0 Å². The van der Waals surface area contributed by atoms with Gasteiger partial charge in [0.25, 0.3) is 5.56 Å². The first-order chi connectivity index (χ1) is 22.7. The number of benzene rings is 3. The second-order valence-corrected chi connectivity index (χ2v) is 13.0. The zero-order chi connectivity index (χ0) is 33.7. The van der Waals surface area contributed by atoms with Crippen molar-refractivity contribution in [1.82, 2.24) is 4.57 Å². The Bertz CT molecular complexity index is 2030. The number of thiazole rings is 1. The van der Waals surface area contributed by atoms with Gasteiger partial charge >= 0.3 is 5.97 Å². The smallest absolute Gasteiger partial charge is 0.338 e. The molecule has 3 aromatic carbocycles. The number of allylic oxidation sites excluding steroid dienone is 1. The van der Waals surface area contributed by atoms with E-state index in [1.807, 2.05) is 25.1 Å². The quantitative estimate of drug-likeness (QED) is 0.121. The summed E-state index contributed by atoms with van der Waals surface area (Å²) in [7, 11) is 3.05. The number of nitrogens with zero attached hydrogens (tertiary/aromatic N) is 2. The molecule has 4 aromatic rings. The number of ether oxygens (including phenoxy) is 5. The van der Waals surface area contributed by atoms with Gasteiger partial charge in [0.15, 0.2) is 16.3 Å². The first-order valence-electron chi connectivity index (χ1n) is 14.5. The summed E-state index contributed by atoms with van der Waals surface area (Å²) in [5, 5.41) is 1.01. The summed E-state index contributed by atoms with van der Waals surface area (Å²) in [6.45, 7) is 4.34. The molecule has 246 valence electrons. The maximum absolute atomic E-state index is 14.3. The molecule has 1 atom stereocenters. The zero-order valence-corrected chi connectivity index (χ0v) is 29.9. The lowest BCUT2D eigenvalue weighted by molar-refractivity contribution is -0.140. The van der Waals surface area contributed by atoms with Crippen molar-refractivity contribution < 1.29 is 28.5 Å². The van der Waals surface area contributed by atoms with Crippen LogP contribution in [0, 0.1) is 0 Å². The van der Waals surface area contributed by atoms with Crippen LogP contribution in [0.2, 0.25) is 10.0 Å². The van der Waals surface area contributed by atoms with Crippen LogP contribution in [0.4, 0.5) is 0 Å². The van der Waals surface area contributed by atoms with E-state index in [-0.39, 0.29) is 31.0 Å². The van der Waals surface area contributed by atoms with Gasteiger partial charge in [-0.2, -0.15) is 0 Å². The summed E-state index contributed by atoms with van der Waals surface area (Å²) < 4.78 is 31.1. The van der Waals surface area contributed by atoms with E-state index >= 15 is 0 Å². The van der Waals surface area contributed by atoms with Gasteiger partial charge in [-0.1, -0.05) is 68.7 Å². The topological polar surface area (TPSA) is 97.6 Å². The SMILES string of the molecule is CCOc1c(OC)cccc1[C@@H]1C(C(=O)OCCOC)=C(C)N=c2s/c(=C/c3cc(Br)ccc3OCc3ccc(Cl)cc3Cl)c(=O)n21. The average molecular weight is 763 g/mol. The molecule has 1 aliphatic rings. The number of halogens is 3. The third-order valence-corrected chi connectivity index (χ3v) is 9.29. The van der Waals surface area contributed by atoms with Crippen LogP contribution < -0.4 is 29.1 Å². The highest BCUT2D eigenvalue weighted by molar-refractivity contribution is 9.10. The third kappa shape index (κ3) is 7.60. The molecule has 0 fully saturated rings. The molecule has 0 unspecified atom stereocenters. The minimum atomic E-state index is -0.912. The Kier molecular flexibility index (Phi) is 11.5. The van der Waals surface area contributed by atoms with E-state index in [2.05, 4.69) is 15.9 Å². The molecule has 1 aliphatic heterocycles. The monoisotopic (exact) mass is 760 g/mol. The number of fused-ring (bicyclic) bond motifs is 1. The Balaban J connectivity index is 1.65. The predicted molar refractivity (Wildman–Crippen MR) is 186 cm³/mol. The molecule has 1 aromatic heterocycles. The van der Waals surface area contributed by atoms with E-state index in [0.29, 0.717) is 60.1 Å². The third-order valence-electron chi connectivity index (χ3n) is 7.23. The molecule has 5 rings (SSSR count). The van der Waals surface area contributed by atoms with Crippen LogP contribution in [0.1, 0.15) is 36.6 Å². The van der Waals surface area contributed by atoms with Gasteiger partial charge in [-0.3, -0.25) is 9.36 Å². The van der Waals surface area contributed by atoms with Crippen LogP contribution in [0.25, 0.3) is 6.08 Å². The lowest BCUT2D eigenvalue weighted by Gasteiger charge is -2.27. The normalized spacial score (nSPS) is 14.4. The molecule has 0 N–H and O–H groups in total. The highest BCUT2D eigenvalue weighted by atomic mass is 79.9. The fraction of sp³-hybridized carbons (Fsp3) is 0.265. The number of carbonyl (C=O) groups is 1. The van der Waals surface area contributed by atoms with Crippen molar-refractivity contribution in [3.8, 4) is 17.2 Å². The predicted octanol–water partition coefficient (Wildman–Crippen LogP) is 6.48. The van der Waals surface area contributed by atoms with Gasteiger partial charge in [-0.15, -0.1) is 0 Å². The van der Waals surface area contributed by atoms with Crippen molar-refractivity contribution in [3.05, 3.63) is 117 Å². The van der Waals surface area contributed by atoms with Crippen molar-refractivity contribution in [2.24, 2.45) is 4.99 Å². The van der Waals surface area contributed by atoms with Crippen LogP contribution in [0.15, 0.2) is 80.1 Å². The standard InChI is InChI=1S/C34H31BrCl2N2O7S/c1-5-44-31-24(7-6-8-27(31)43-4)30-29(33(41)45-14-13-42-3)19(2)38-34-39(30)32(40)28(47-34)16-21-15-22(35)10-12-26(21)46-18-20-9-11-23(36)17-25(20)37/h6-12,15-17,30H,5,13-14,18H2,1-4H3/b28-16+/t30-/m1/s1. The van der Waals surface area contributed by atoms with E-state index in [1.165, 1.54) is 30.1 Å². The van der Waals surface area contributed by atoms with Crippen molar-refractivity contribution in [2.75, 3.05) is 34.0 Å². The van der Waals surface area contributed by atoms with E-state index in [1.54, 1.807) is 49.4 Å². The van der Waals surface area contributed by atoms with E-state index in [4.69, 9.17) is 51.9 Å². The van der Waals surface area contributed by atoms with E-state index in [0.717, 1.165) is 10.0 Å². The Labute approximate surface area is 293 Å². The summed E-state index contributed by atoms with van der Waals surface area (Å²) in [5.41, 5.74) is 2.23. The molecule has 47 heavy (non-hydrogen) atoms. The van der Waals surface area contributed by atoms with Crippen molar-refractivity contribution in [1.29, 1.82) is 0 Å². The minimum Gasteiger partial charge on any atom is -0.493 e. The molecule has 13 heteroatoms. The number of carbonyl (C=O) groups excluding carboxylic acids is 1. The molecule has 2 heterocycles. The van der Waals surface area contributed by atoms with E-state index in [9.17, 15) is 9.59 Å². The molecule has 0 aliphatic carbocycles. The van der Waals surface area contributed by atoms with Gasteiger partial charge in [-0.25, -0.2) is 9.79 Å². The lowest BCUT2D eigenvalue weighted by Crippen LogP contribution is -2.40. The number of aromatic nitrogens is 1. The van der Waals surface area contributed by atoms with Gasteiger partial charge in [0.05, 0.1) is 36.1 Å². The maximum atomic E-state index is 14.3. The first kappa shape index (κ1) is 34.7. The summed E-state index contributed by atoms with van der Waals surface area (Å²) in [6, 6.07) is 15.2. The van der Waals surface area contributed by atoms with E-state index < -0.39 is 12.0 Å². The molecule has 9 nitrogen and oxygen atoms in total. The molecule has 0 bridgehead atoms. The number of hydrogen-bond acceptors (Lipinski definition) is 9. The molecule has 0 saturated heterocycles. The number of methoxy groups -OCH3 is 2. The fourth-order valence-electron chi connectivity index (χ4n) is 5.08. The molecule has 0 amide bonds. The molecule has 0 spiro atoms. The average Bonchev–Trinajstić information content (AvgIpc) is 3.34. The second kappa shape index (κ2) is 15.5. The highest BCUT2D eigenvalue weighted by Gasteiger charge is 2.36. The zero-order valence-electron chi connectivity index (χ0n) is 26.0. The minimum absolute atomic E-state index is 0.0343. The molecular formula is C34H31BrCl2N2O7S. The van der Waals surface area contributed by atoms with Crippen LogP contribution >= 0.6 is 50.5 Å².